The largest absolute Gasteiger partial charge is 0.331 e. The van der Waals surface area contributed by atoms with Crippen molar-refractivity contribution in [2.75, 3.05) is 0 Å². The summed E-state index contributed by atoms with van der Waals surface area (Å²) in [5.74, 6) is 0. The van der Waals surface area contributed by atoms with Crippen molar-refractivity contribution in [1.29, 1.82) is 0 Å². The van der Waals surface area contributed by atoms with E-state index in [0.29, 0.717) is 5.39 Å². The molecule has 68 valence electrons. The van der Waals surface area contributed by atoms with Gasteiger partial charge in [0, 0.05) is 16.3 Å². The summed E-state index contributed by atoms with van der Waals surface area (Å²) >= 11 is 2.15. The standard InChI is InChI=1S/C8H8IN3O/c1-2-12-3-5(9)6-7(12)10-4-11-8(6)13/h3-4H,2H2,1H3,(H,10,11,13). The van der Waals surface area contributed by atoms with Gasteiger partial charge in [-0.1, -0.05) is 0 Å². The highest BCUT2D eigenvalue weighted by atomic mass is 127. The molecule has 0 fully saturated rings. The second kappa shape index (κ2) is 3.13. The molecule has 4 nitrogen and oxygen atoms in total. The maximum atomic E-state index is 11.4. The molecule has 0 saturated carbocycles. The van der Waals surface area contributed by atoms with Crippen molar-refractivity contribution in [3.8, 4) is 0 Å². The molecule has 0 radical (unpaired) electrons. The minimum atomic E-state index is -0.0680. The van der Waals surface area contributed by atoms with Gasteiger partial charge in [0.25, 0.3) is 5.56 Å². The van der Waals surface area contributed by atoms with Crippen molar-refractivity contribution in [3.63, 3.8) is 0 Å². The molecule has 13 heavy (non-hydrogen) atoms. The summed E-state index contributed by atoms with van der Waals surface area (Å²) in [6.07, 6.45) is 3.38. The van der Waals surface area contributed by atoms with Crippen LogP contribution < -0.4 is 5.56 Å². The van der Waals surface area contributed by atoms with Crippen LogP contribution in [0.2, 0.25) is 0 Å². The SMILES string of the molecule is CCn1cc(I)c2c(=O)[nH]cnc21. The van der Waals surface area contributed by atoms with Gasteiger partial charge in [-0.2, -0.15) is 0 Å². The lowest BCUT2D eigenvalue weighted by molar-refractivity contribution is 0.784. The molecule has 0 aliphatic carbocycles. The van der Waals surface area contributed by atoms with Crippen molar-refractivity contribution in [1.82, 2.24) is 14.5 Å². The molecule has 5 heteroatoms. The smallest absolute Gasteiger partial charge is 0.261 e. The maximum absolute atomic E-state index is 11.4. The van der Waals surface area contributed by atoms with Crippen molar-refractivity contribution in [2.24, 2.45) is 0 Å². The third-order valence-corrected chi connectivity index (χ3v) is 2.77. The third kappa shape index (κ3) is 1.27. The molecule has 2 aromatic heterocycles. The predicted octanol–water partition coefficient (Wildman–Crippen LogP) is 1.35. The lowest BCUT2D eigenvalue weighted by Gasteiger charge is -1.96. The van der Waals surface area contributed by atoms with Crippen LogP contribution in [0.4, 0.5) is 0 Å². The Morgan fingerprint density at radius 1 is 1.69 bits per heavy atom. The Balaban J connectivity index is 2.96. The number of hydrogen-bond acceptors (Lipinski definition) is 2. The van der Waals surface area contributed by atoms with Crippen molar-refractivity contribution in [2.45, 2.75) is 13.5 Å². The van der Waals surface area contributed by atoms with E-state index < -0.39 is 0 Å². The summed E-state index contributed by atoms with van der Waals surface area (Å²) in [4.78, 5) is 18.1. The molecule has 0 atom stereocenters. The van der Waals surface area contributed by atoms with E-state index in [2.05, 4.69) is 32.6 Å². The fraction of sp³-hybridized carbons (Fsp3) is 0.250. The number of aromatic nitrogens is 3. The molecule has 0 saturated heterocycles. The molecule has 0 aliphatic heterocycles. The van der Waals surface area contributed by atoms with Gasteiger partial charge in [0.05, 0.1) is 11.7 Å². The second-order valence-corrected chi connectivity index (χ2v) is 3.86. The number of H-pyrrole nitrogens is 1. The van der Waals surface area contributed by atoms with Crippen LogP contribution in [0.1, 0.15) is 6.92 Å². The van der Waals surface area contributed by atoms with E-state index >= 15 is 0 Å². The zero-order valence-electron chi connectivity index (χ0n) is 7.04. The lowest BCUT2D eigenvalue weighted by atomic mass is 10.4. The van der Waals surface area contributed by atoms with Crippen LogP contribution in [-0.2, 0) is 6.54 Å². The Morgan fingerprint density at radius 3 is 3.15 bits per heavy atom. The highest BCUT2D eigenvalue weighted by molar-refractivity contribution is 14.1. The second-order valence-electron chi connectivity index (χ2n) is 2.69. The fourth-order valence-electron chi connectivity index (χ4n) is 1.33. The van der Waals surface area contributed by atoms with E-state index in [1.165, 1.54) is 6.33 Å². The molecular formula is C8H8IN3O. The number of nitrogens with zero attached hydrogens (tertiary/aromatic N) is 2. The molecule has 2 aromatic rings. The number of halogens is 1. The molecule has 0 unspecified atom stereocenters. The summed E-state index contributed by atoms with van der Waals surface area (Å²) < 4.78 is 2.91. The minimum absolute atomic E-state index is 0.0680. The van der Waals surface area contributed by atoms with Crippen LogP contribution in [0.5, 0.6) is 0 Å². The first kappa shape index (κ1) is 8.74. The van der Waals surface area contributed by atoms with Crippen LogP contribution in [0.3, 0.4) is 0 Å². The van der Waals surface area contributed by atoms with Gasteiger partial charge in [-0.25, -0.2) is 4.98 Å². The third-order valence-electron chi connectivity index (χ3n) is 1.95. The van der Waals surface area contributed by atoms with E-state index in [1.807, 2.05) is 17.7 Å². The molecule has 2 rings (SSSR count). The summed E-state index contributed by atoms with van der Waals surface area (Å²) in [5, 5.41) is 0.685. The van der Waals surface area contributed by atoms with Crippen molar-refractivity contribution >= 4 is 33.6 Å². The Hall–Kier alpha value is -0.850. The van der Waals surface area contributed by atoms with Crippen molar-refractivity contribution in [3.05, 3.63) is 26.4 Å². The number of aromatic amines is 1. The Bertz CT molecular complexity index is 500. The van der Waals surface area contributed by atoms with Crippen LogP contribution in [-0.4, -0.2) is 14.5 Å². The first-order chi connectivity index (χ1) is 6.24. The molecular weight excluding hydrogens is 281 g/mol. The van der Waals surface area contributed by atoms with E-state index in [-0.39, 0.29) is 5.56 Å². The average Bonchev–Trinajstić information content (AvgIpc) is 2.44. The predicted molar refractivity (Wildman–Crippen MR) is 58.7 cm³/mol. The zero-order valence-corrected chi connectivity index (χ0v) is 9.20. The minimum Gasteiger partial charge on any atom is -0.331 e. The molecule has 0 bridgehead atoms. The zero-order chi connectivity index (χ0) is 9.42. The van der Waals surface area contributed by atoms with Gasteiger partial charge in [0.2, 0.25) is 0 Å². The van der Waals surface area contributed by atoms with Gasteiger partial charge in [-0.3, -0.25) is 4.79 Å². The lowest BCUT2D eigenvalue weighted by Crippen LogP contribution is -2.07. The van der Waals surface area contributed by atoms with Gasteiger partial charge in [-0.15, -0.1) is 0 Å². The van der Waals surface area contributed by atoms with E-state index in [1.54, 1.807) is 0 Å². The normalized spacial score (nSPS) is 10.9. The first-order valence-electron chi connectivity index (χ1n) is 3.96. The quantitative estimate of drug-likeness (QED) is 0.806. The number of rotatable bonds is 1. The molecule has 0 aliphatic rings. The average molecular weight is 289 g/mol. The molecule has 0 aromatic carbocycles. The Kier molecular flexibility index (Phi) is 2.10. The summed E-state index contributed by atoms with van der Waals surface area (Å²) in [6, 6.07) is 0. The van der Waals surface area contributed by atoms with Crippen LogP contribution >= 0.6 is 22.6 Å². The summed E-state index contributed by atoms with van der Waals surface area (Å²) in [7, 11) is 0. The highest BCUT2D eigenvalue weighted by Gasteiger charge is 2.08. The monoisotopic (exact) mass is 289 g/mol. The van der Waals surface area contributed by atoms with Gasteiger partial charge in [0.1, 0.15) is 5.65 Å². The van der Waals surface area contributed by atoms with Crippen LogP contribution in [0.25, 0.3) is 11.0 Å². The highest BCUT2D eigenvalue weighted by Crippen LogP contribution is 2.16. The number of nitrogens with one attached hydrogen (secondary N) is 1. The van der Waals surface area contributed by atoms with E-state index in [9.17, 15) is 4.79 Å². The van der Waals surface area contributed by atoms with Gasteiger partial charge in [0.15, 0.2) is 0 Å². The maximum Gasteiger partial charge on any atom is 0.261 e. The van der Waals surface area contributed by atoms with Gasteiger partial charge < -0.3 is 9.55 Å². The Labute approximate surface area is 88.1 Å². The molecule has 0 spiro atoms. The topological polar surface area (TPSA) is 50.7 Å². The number of aryl methyl sites for hydroxylation is 1. The van der Waals surface area contributed by atoms with E-state index in [0.717, 1.165) is 15.8 Å². The van der Waals surface area contributed by atoms with Crippen LogP contribution in [0, 0.1) is 3.57 Å². The van der Waals surface area contributed by atoms with Gasteiger partial charge >= 0.3 is 0 Å². The Morgan fingerprint density at radius 2 is 2.46 bits per heavy atom. The fourth-order valence-corrected chi connectivity index (χ4v) is 2.15. The molecule has 0 amide bonds. The molecule has 1 N–H and O–H groups in total. The van der Waals surface area contributed by atoms with Crippen molar-refractivity contribution < 1.29 is 0 Å². The first-order valence-corrected chi connectivity index (χ1v) is 5.04. The number of fused-ring (bicyclic) bond motifs is 1. The van der Waals surface area contributed by atoms with Gasteiger partial charge in [-0.05, 0) is 29.5 Å². The number of hydrogen-bond donors (Lipinski definition) is 1. The summed E-state index contributed by atoms with van der Waals surface area (Å²) in [5.41, 5.74) is 0.692. The van der Waals surface area contributed by atoms with E-state index in [4.69, 9.17) is 0 Å². The summed E-state index contributed by atoms with van der Waals surface area (Å²) in [6.45, 7) is 2.86. The van der Waals surface area contributed by atoms with Crippen LogP contribution in [0.15, 0.2) is 17.3 Å². The molecule has 2 heterocycles.